The summed E-state index contributed by atoms with van der Waals surface area (Å²) >= 11 is 0.593. The molecule has 0 bridgehead atoms. The lowest BCUT2D eigenvalue weighted by molar-refractivity contribution is -0.143. The highest BCUT2D eigenvalue weighted by Crippen LogP contribution is 2.37. The van der Waals surface area contributed by atoms with E-state index >= 15 is 0 Å². The number of carbonyl (C=O) groups is 1. The van der Waals surface area contributed by atoms with E-state index in [1.807, 2.05) is 0 Å². The summed E-state index contributed by atoms with van der Waals surface area (Å²) in [6.45, 7) is 0.0541. The largest absolute Gasteiger partial charge is 0.456 e. The molecular formula is C12H5F7N2O2S. The average Bonchev–Trinajstić information content (AvgIpc) is 2.90. The summed E-state index contributed by atoms with van der Waals surface area (Å²) in [4.78, 5) is 11.5. The predicted molar refractivity (Wildman–Crippen MR) is 65.0 cm³/mol. The molecule has 0 fully saturated rings. The minimum absolute atomic E-state index is 0.135. The first-order chi connectivity index (χ1) is 11.1. The van der Waals surface area contributed by atoms with Gasteiger partial charge < -0.3 is 4.74 Å². The number of benzene rings is 1. The molecule has 0 atom stereocenters. The van der Waals surface area contributed by atoms with E-state index in [2.05, 4.69) is 14.3 Å². The van der Waals surface area contributed by atoms with Gasteiger partial charge in [-0.25, -0.2) is 22.4 Å². The van der Waals surface area contributed by atoms with Gasteiger partial charge in [-0.2, -0.15) is 13.2 Å². The highest BCUT2D eigenvalue weighted by Gasteiger charge is 2.42. The number of hydrogen-bond acceptors (Lipinski definition) is 5. The lowest BCUT2D eigenvalue weighted by Crippen LogP contribution is -2.18. The zero-order valence-electron chi connectivity index (χ0n) is 11.5. The van der Waals surface area contributed by atoms with Crippen molar-refractivity contribution in [1.29, 1.82) is 0 Å². The van der Waals surface area contributed by atoms with Crippen LogP contribution in [0.4, 0.5) is 30.7 Å². The van der Waals surface area contributed by atoms with Crippen molar-refractivity contribution in [3.63, 3.8) is 0 Å². The highest BCUT2D eigenvalue weighted by molar-refractivity contribution is 7.07. The van der Waals surface area contributed by atoms with Crippen molar-refractivity contribution in [2.45, 2.75) is 19.7 Å². The number of aryl methyl sites for hydroxylation is 1. The van der Waals surface area contributed by atoms with Crippen LogP contribution in [0, 0.1) is 30.2 Å². The molecule has 0 saturated heterocycles. The number of esters is 1. The van der Waals surface area contributed by atoms with Crippen LogP contribution in [0.15, 0.2) is 0 Å². The summed E-state index contributed by atoms with van der Waals surface area (Å²) < 4.78 is 99.2. The van der Waals surface area contributed by atoms with Crippen LogP contribution in [0.5, 0.6) is 0 Å². The Morgan fingerprint density at radius 3 is 2.04 bits per heavy atom. The Morgan fingerprint density at radius 2 is 1.62 bits per heavy atom. The normalized spacial score (nSPS) is 11.7. The number of ether oxygens (including phenoxy) is 1. The second-order valence-corrected chi connectivity index (χ2v) is 5.12. The van der Waals surface area contributed by atoms with Crippen molar-refractivity contribution in [3.05, 3.63) is 45.0 Å². The SMILES string of the molecule is Cc1nnsc1C(=O)OCc1c(F)c(F)c(C(F)(F)F)c(F)c1F. The number of halogens is 7. The molecule has 2 rings (SSSR count). The molecule has 1 heterocycles. The molecule has 24 heavy (non-hydrogen) atoms. The van der Waals surface area contributed by atoms with Crippen LogP contribution in [0.2, 0.25) is 0 Å². The van der Waals surface area contributed by atoms with Crippen molar-refractivity contribution in [1.82, 2.24) is 9.59 Å². The lowest BCUT2D eigenvalue weighted by atomic mass is 10.1. The highest BCUT2D eigenvalue weighted by atomic mass is 32.1. The van der Waals surface area contributed by atoms with Crippen LogP contribution in [0.25, 0.3) is 0 Å². The summed E-state index contributed by atoms with van der Waals surface area (Å²) in [7, 11) is 0. The second-order valence-electron chi connectivity index (χ2n) is 4.37. The van der Waals surface area contributed by atoms with E-state index in [1.54, 1.807) is 0 Å². The fourth-order valence-electron chi connectivity index (χ4n) is 1.67. The molecule has 1 aromatic carbocycles. The Labute approximate surface area is 133 Å². The van der Waals surface area contributed by atoms with E-state index in [0.29, 0.717) is 11.5 Å². The molecule has 0 N–H and O–H groups in total. The first kappa shape index (κ1) is 18.1. The summed E-state index contributed by atoms with van der Waals surface area (Å²) in [6, 6.07) is 0. The maximum absolute atomic E-state index is 13.6. The Kier molecular flexibility index (Phi) is 4.78. The van der Waals surface area contributed by atoms with Gasteiger partial charge in [-0.05, 0) is 18.5 Å². The summed E-state index contributed by atoms with van der Waals surface area (Å²) in [5.41, 5.74) is -4.05. The molecule has 0 amide bonds. The number of rotatable bonds is 3. The van der Waals surface area contributed by atoms with Crippen molar-refractivity contribution < 1.29 is 40.3 Å². The van der Waals surface area contributed by atoms with Crippen LogP contribution in [0.1, 0.15) is 26.5 Å². The van der Waals surface area contributed by atoms with Crippen molar-refractivity contribution in [2.24, 2.45) is 0 Å². The van der Waals surface area contributed by atoms with E-state index in [9.17, 15) is 35.5 Å². The number of alkyl halides is 3. The predicted octanol–water partition coefficient (Wildman–Crippen LogP) is 3.78. The van der Waals surface area contributed by atoms with Gasteiger partial charge in [0.2, 0.25) is 0 Å². The Balaban J connectivity index is 2.35. The fraction of sp³-hybridized carbons (Fsp3) is 0.250. The van der Waals surface area contributed by atoms with Crippen LogP contribution >= 0.6 is 11.5 Å². The van der Waals surface area contributed by atoms with Crippen LogP contribution < -0.4 is 0 Å². The molecule has 0 aliphatic rings. The minimum Gasteiger partial charge on any atom is -0.456 e. The molecule has 2 aromatic rings. The monoisotopic (exact) mass is 374 g/mol. The molecule has 0 aliphatic carbocycles. The summed E-state index contributed by atoms with van der Waals surface area (Å²) in [5.74, 6) is -11.0. The number of aromatic nitrogens is 2. The van der Waals surface area contributed by atoms with E-state index in [4.69, 9.17) is 0 Å². The molecule has 12 heteroatoms. The fourth-order valence-corrected chi connectivity index (χ4v) is 2.23. The number of hydrogen-bond donors (Lipinski definition) is 0. The molecule has 0 aliphatic heterocycles. The first-order valence-corrected chi connectivity index (χ1v) is 6.71. The number of nitrogens with zero attached hydrogens (tertiary/aromatic N) is 2. The minimum atomic E-state index is -5.64. The van der Waals surface area contributed by atoms with Gasteiger partial charge in [0.05, 0.1) is 11.3 Å². The molecule has 0 radical (unpaired) electrons. The quantitative estimate of drug-likeness (QED) is 0.466. The maximum Gasteiger partial charge on any atom is 0.422 e. The average molecular weight is 374 g/mol. The molecule has 0 spiro atoms. The van der Waals surface area contributed by atoms with Gasteiger partial charge in [-0.15, -0.1) is 5.10 Å². The topological polar surface area (TPSA) is 52.1 Å². The zero-order valence-corrected chi connectivity index (χ0v) is 12.3. The third-order valence-corrected chi connectivity index (χ3v) is 3.63. The van der Waals surface area contributed by atoms with Gasteiger partial charge in [-0.3, -0.25) is 0 Å². The third-order valence-electron chi connectivity index (χ3n) is 2.82. The zero-order chi connectivity index (χ0) is 18.2. The first-order valence-electron chi connectivity index (χ1n) is 5.93. The maximum atomic E-state index is 13.6. The molecule has 1 aromatic heterocycles. The van der Waals surface area contributed by atoms with Gasteiger partial charge >= 0.3 is 12.1 Å². The Hall–Kier alpha value is -2.24. The smallest absolute Gasteiger partial charge is 0.422 e. The second kappa shape index (κ2) is 6.34. The van der Waals surface area contributed by atoms with Crippen molar-refractivity contribution >= 4 is 17.5 Å². The van der Waals surface area contributed by atoms with Crippen molar-refractivity contribution in [3.8, 4) is 0 Å². The van der Waals surface area contributed by atoms with Gasteiger partial charge in [0.1, 0.15) is 12.2 Å². The van der Waals surface area contributed by atoms with E-state index in [-0.39, 0.29) is 10.6 Å². The van der Waals surface area contributed by atoms with E-state index < -0.39 is 53.1 Å². The molecule has 130 valence electrons. The summed E-state index contributed by atoms with van der Waals surface area (Å²) in [5, 5.41) is 3.47. The molecule has 4 nitrogen and oxygen atoms in total. The van der Waals surface area contributed by atoms with Crippen LogP contribution in [-0.4, -0.2) is 15.6 Å². The summed E-state index contributed by atoms with van der Waals surface area (Å²) in [6.07, 6.45) is -5.64. The third kappa shape index (κ3) is 3.18. The van der Waals surface area contributed by atoms with Gasteiger partial charge in [0.25, 0.3) is 0 Å². The van der Waals surface area contributed by atoms with E-state index in [1.165, 1.54) is 6.92 Å². The molecular weight excluding hydrogens is 369 g/mol. The molecule has 0 saturated carbocycles. The van der Waals surface area contributed by atoms with Gasteiger partial charge in [0.15, 0.2) is 28.1 Å². The van der Waals surface area contributed by atoms with Crippen molar-refractivity contribution in [2.75, 3.05) is 0 Å². The lowest BCUT2D eigenvalue weighted by Gasteiger charge is -2.14. The standard InChI is InChI=1S/C12H5F7N2O2S/c1-3-10(24-21-20-3)11(22)23-2-4-6(13)8(15)5(12(17,18)19)9(16)7(4)14/h2H2,1H3. The van der Waals surface area contributed by atoms with Crippen LogP contribution in [-0.2, 0) is 17.5 Å². The Morgan fingerprint density at radius 1 is 1.08 bits per heavy atom. The molecule has 0 unspecified atom stereocenters. The number of carbonyl (C=O) groups excluding carboxylic acids is 1. The van der Waals surface area contributed by atoms with E-state index in [0.717, 1.165) is 0 Å². The van der Waals surface area contributed by atoms with Crippen LogP contribution in [0.3, 0.4) is 0 Å². The van der Waals surface area contributed by atoms with Gasteiger partial charge in [0, 0.05) is 0 Å². The van der Waals surface area contributed by atoms with Gasteiger partial charge in [-0.1, -0.05) is 4.49 Å². The Bertz CT molecular complexity index is 774.